The first-order valence-corrected chi connectivity index (χ1v) is 9.75. The molecule has 1 aromatic rings. The maximum atomic E-state index is 10.2. The lowest BCUT2D eigenvalue weighted by atomic mass is 10.0. The second kappa shape index (κ2) is 9.59. The third-order valence-corrected chi connectivity index (χ3v) is 5.96. The van der Waals surface area contributed by atoms with E-state index in [1.807, 2.05) is 11.8 Å². The van der Waals surface area contributed by atoms with Gasteiger partial charge >= 0.3 is 0 Å². The number of likely N-dealkylation sites (N-methyl/N-ethyl adjacent to an activating group) is 1. The SMILES string of the molecule is CCN(CC)CC(O)Cc1ccc(SC2CCCCC2)cc1. The summed E-state index contributed by atoms with van der Waals surface area (Å²) in [6.07, 6.45) is 7.44. The van der Waals surface area contributed by atoms with Gasteiger partial charge in [0.25, 0.3) is 0 Å². The highest BCUT2D eigenvalue weighted by atomic mass is 32.2. The van der Waals surface area contributed by atoms with Crippen LogP contribution in [0.15, 0.2) is 29.2 Å². The van der Waals surface area contributed by atoms with Crippen LogP contribution in [0.3, 0.4) is 0 Å². The summed E-state index contributed by atoms with van der Waals surface area (Å²) in [7, 11) is 0. The van der Waals surface area contributed by atoms with Crippen LogP contribution in [-0.2, 0) is 6.42 Å². The molecule has 124 valence electrons. The van der Waals surface area contributed by atoms with Gasteiger partial charge in [0.2, 0.25) is 0 Å². The Balaban J connectivity index is 1.80. The van der Waals surface area contributed by atoms with E-state index in [-0.39, 0.29) is 6.10 Å². The Bertz CT molecular complexity index is 410. The Kier molecular flexibility index (Phi) is 7.77. The van der Waals surface area contributed by atoms with Gasteiger partial charge in [0, 0.05) is 16.7 Å². The number of benzene rings is 1. The van der Waals surface area contributed by atoms with Gasteiger partial charge in [-0.2, -0.15) is 0 Å². The Morgan fingerprint density at radius 1 is 1.09 bits per heavy atom. The normalized spacial score (nSPS) is 17.8. The fraction of sp³-hybridized carbons (Fsp3) is 0.684. The fourth-order valence-corrected chi connectivity index (χ4v) is 4.44. The van der Waals surface area contributed by atoms with Crippen molar-refractivity contribution in [3.63, 3.8) is 0 Å². The topological polar surface area (TPSA) is 23.5 Å². The van der Waals surface area contributed by atoms with E-state index in [2.05, 4.69) is 43.0 Å². The molecule has 1 unspecified atom stereocenters. The van der Waals surface area contributed by atoms with Crippen LogP contribution in [0.4, 0.5) is 0 Å². The lowest BCUT2D eigenvalue weighted by Gasteiger charge is -2.22. The first kappa shape index (κ1) is 17.8. The molecule has 1 atom stereocenters. The van der Waals surface area contributed by atoms with Crippen molar-refractivity contribution < 1.29 is 5.11 Å². The van der Waals surface area contributed by atoms with Crippen LogP contribution >= 0.6 is 11.8 Å². The molecular weight excluding hydrogens is 290 g/mol. The van der Waals surface area contributed by atoms with Gasteiger partial charge < -0.3 is 10.0 Å². The first-order chi connectivity index (χ1) is 10.7. The van der Waals surface area contributed by atoms with Gasteiger partial charge in [0.15, 0.2) is 0 Å². The van der Waals surface area contributed by atoms with Crippen LogP contribution in [0.1, 0.15) is 51.5 Å². The van der Waals surface area contributed by atoms with E-state index in [1.165, 1.54) is 42.6 Å². The third-order valence-electron chi connectivity index (χ3n) is 4.61. The summed E-state index contributed by atoms with van der Waals surface area (Å²) in [6, 6.07) is 8.85. The third kappa shape index (κ3) is 5.94. The van der Waals surface area contributed by atoms with Gasteiger partial charge in [-0.15, -0.1) is 11.8 Å². The van der Waals surface area contributed by atoms with E-state index in [9.17, 15) is 5.11 Å². The van der Waals surface area contributed by atoms with E-state index >= 15 is 0 Å². The van der Waals surface area contributed by atoms with Crippen LogP contribution in [0.25, 0.3) is 0 Å². The number of rotatable bonds is 8. The number of nitrogens with zero attached hydrogens (tertiary/aromatic N) is 1. The highest BCUT2D eigenvalue weighted by Crippen LogP contribution is 2.33. The Labute approximate surface area is 140 Å². The number of aliphatic hydroxyl groups is 1. The maximum Gasteiger partial charge on any atom is 0.0707 e. The monoisotopic (exact) mass is 321 g/mol. The van der Waals surface area contributed by atoms with Crippen LogP contribution in [0.2, 0.25) is 0 Å². The van der Waals surface area contributed by atoms with Crippen molar-refractivity contribution >= 4 is 11.8 Å². The molecule has 22 heavy (non-hydrogen) atoms. The molecule has 1 N–H and O–H groups in total. The fourth-order valence-electron chi connectivity index (χ4n) is 3.20. The molecule has 1 fully saturated rings. The van der Waals surface area contributed by atoms with Gasteiger partial charge in [-0.3, -0.25) is 0 Å². The molecule has 0 spiro atoms. The molecule has 0 bridgehead atoms. The quantitative estimate of drug-likeness (QED) is 0.769. The van der Waals surface area contributed by atoms with Crippen molar-refractivity contribution in [2.45, 2.75) is 68.6 Å². The molecule has 0 radical (unpaired) electrons. The minimum atomic E-state index is -0.267. The highest BCUT2D eigenvalue weighted by Gasteiger charge is 2.15. The van der Waals surface area contributed by atoms with Gasteiger partial charge in [0.1, 0.15) is 0 Å². The smallest absolute Gasteiger partial charge is 0.0707 e. The Morgan fingerprint density at radius 3 is 2.32 bits per heavy atom. The molecule has 0 aromatic heterocycles. The van der Waals surface area contributed by atoms with Crippen molar-refractivity contribution in [1.29, 1.82) is 0 Å². The van der Waals surface area contributed by atoms with Gasteiger partial charge in [-0.25, -0.2) is 0 Å². The number of hydrogen-bond donors (Lipinski definition) is 1. The average Bonchev–Trinajstić information content (AvgIpc) is 2.55. The van der Waals surface area contributed by atoms with Crippen LogP contribution in [0.5, 0.6) is 0 Å². The van der Waals surface area contributed by atoms with Crippen molar-refractivity contribution in [3.8, 4) is 0 Å². The zero-order chi connectivity index (χ0) is 15.8. The van der Waals surface area contributed by atoms with Crippen molar-refractivity contribution in [3.05, 3.63) is 29.8 Å². The van der Waals surface area contributed by atoms with Gasteiger partial charge in [-0.1, -0.05) is 45.2 Å². The molecule has 1 aromatic carbocycles. The van der Waals surface area contributed by atoms with E-state index in [4.69, 9.17) is 0 Å². The van der Waals surface area contributed by atoms with Gasteiger partial charge in [0.05, 0.1) is 6.10 Å². The van der Waals surface area contributed by atoms with E-state index in [1.54, 1.807) is 0 Å². The lowest BCUT2D eigenvalue weighted by molar-refractivity contribution is 0.118. The summed E-state index contributed by atoms with van der Waals surface area (Å²) in [5, 5.41) is 11.0. The summed E-state index contributed by atoms with van der Waals surface area (Å²) in [4.78, 5) is 3.66. The second-order valence-electron chi connectivity index (χ2n) is 6.37. The van der Waals surface area contributed by atoms with Crippen molar-refractivity contribution in [2.75, 3.05) is 19.6 Å². The van der Waals surface area contributed by atoms with Crippen LogP contribution < -0.4 is 0 Å². The zero-order valence-corrected chi connectivity index (χ0v) is 14.9. The molecule has 0 aliphatic heterocycles. The molecule has 1 aliphatic rings. The molecule has 0 saturated heterocycles. The van der Waals surface area contributed by atoms with Crippen molar-refractivity contribution in [1.82, 2.24) is 4.90 Å². The zero-order valence-electron chi connectivity index (χ0n) is 14.1. The molecular formula is C19H31NOS. The van der Waals surface area contributed by atoms with Crippen LogP contribution in [0, 0.1) is 0 Å². The molecule has 1 saturated carbocycles. The standard InChI is InChI=1S/C19H31NOS/c1-3-20(4-2)15-17(21)14-16-10-12-19(13-11-16)22-18-8-6-5-7-9-18/h10-13,17-18,21H,3-9,14-15H2,1-2H3. The lowest BCUT2D eigenvalue weighted by Crippen LogP contribution is -2.33. The van der Waals surface area contributed by atoms with E-state index < -0.39 is 0 Å². The minimum Gasteiger partial charge on any atom is -0.391 e. The van der Waals surface area contributed by atoms with Crippen LogP contribution in [-0.4, -0.2) is 41.0 Å². The summed E-state index contributed by atoms with van der Waals surface area (Å²) in [6.45, 7) is 7.07. The average molecular weight is 322 g/mol. The molecule has 1 aliphatic carbocycles. The highest BCUT2D eigenvalue weighted by molar-refractivity contribution is 8.00. The Hall–Kier alpha value is -0.510. The maximum absolute atomic E-state index is 10.2. The number of thioether (sulfide) groups is 1. The molecule has 3 heteroatoms. The molecule has 0 heterocycles. The Morgan fingerprint density at radius 2 is 1.73 bits per heavy atom. The first-order valence-electron chi connectivity index (χ1n) is 8.87. The predicted molar refractivity (Wildman–Crippen MR) is 96.7 cm³/mol. The molecule has 2 nitrogen and oxygen atoms in total. The number of aliphatic hydroxyl groups excluding tert-OH is 1. The summed E-state index contributed by atoms with van der Waals surface area (Å²) < 4.78 is 0. The van der Waals surface area contributed by atoms with Gasteiger partial charge in [-0.05, 0) is 50.0 Å². The van der Waals surface area contributed by atoms with E-state index in [0.29, 0.717) is 0 Å². The summed E-state index contributed by atoms with van der Waals surface area (Å²) in [5.74, 6) is 0. The van der Waals surface area contributed by atoms with Crippen molar-refractivity contribution in [2.24, 2.45) is 0 Å². The molecule has 0 amide bonds. The number of hydrogen-bond acceptors (Lipinski definition) is 3. The largest absolute Gasteiger partial charge is 0.391 e. The summed E-state index contributed by atoms with van der Waals surface area (Å²) >= 11 is 2.04. The summed E-state index contributed by atoms with van der Waals surface area (Å²) in [5.41, 5.74) is 1.24. The predicted octanol–water partition coefficient (Wildman–Crippen LogP) is 4.36. The second-order valence-corrected chi connectivity index (χ2v) is 7.74. The minimum absolute atomic E-state index is 0.267. The molecule has 2 rings (SSSR count). The van der Waals surface area contributed by atoms with E-state index in [0.717, 1.165) is 31.3 Å².